The van der Waals surface area contributed by atoms with Crippen molar-refractivity contribution in [2.45, 2.75) is 9.79 Å². The van der Waals surface area contributed by atoms with Gasteiger partial charge in [-0.1, -0.05) is 18.2 Å². The summed E-state index contributed by atoms with van der Waals surface area (Å²) in [5.74, 6) is -0.518. The first-order chi connectivity index (χ1) is 8.59. The van der Waals surface area contributed by atoms with Gasteiger partial charge in [0.1, 0.15) is 15.0 Å². The minimum atomic E-state index is -4.89. The first-order valence-corrected chi connectivity index (χ1v) is 7.62. The first-order valence-electron chi connectivity index (χ1n) is 4.77. The van der Waals surface area contributed by atoms with Crippen LogP contribution < -0.4 is 5.11 Å². The van der Waals surface area contributed by atoms with Crippen LogP contribution in [-0.2, 0) is 20.2 Å². The van der Waals surface area contributed by atoms with E-state index in [2.05, 4.69) is 0 Å². The molecule has 2 aromatic carbocycles. The van der Waals surface area contributed by atoms with Gasteiger partial charge in [-0.3, -0.25) is 4.55 Å². The molecule has 0 amide bonds. The highest BCUT2D eigenvalue weighted by atomic mass is 32.2. The van der Waals surface area contributed by atoms with E-state index in [1.54, 1.807) is 0 Å². The predicted octanol–water partition coefficient (Wildman–Crippen LogP) is 0.0642. The minimum Gasteiger partial charge on any atom is -0.872 e. The van der Waals surface area contributed by atoms with E-state index in [4.69, 9.17) is 4.55 Å². The molecular weight excluding hydrogens is 296 g/mol. The van der Waals surface area contributed by atoms with Gasteiger partial charge in [-0.2, -0.15) is 8.42 Å². The Balaban J connectivity index is 3.01. The summed E-state index contributed by atoms with van der Waals surface area (Å²) in [5.41, 5.74) is 0. The zero-order chi connectivity index (χ0) is 14.4. The molecular formula is C10H6O7S2-2. The summed E-state index contributed by atoms with van der Waals surface area (Å²) in [7, 11) is -9.66. The highest BCUT2D eigenvalue weighted by molar-refractivity contribution is 7.86. The van der Waals surface area contributed by atoms with Gasteiger partial charge < -0.3 is 9.66 Å². The Morgan fingerprint density at radius 2 is 1.63 bits per heavy atom. The summed E-state index contributed by atoms with van der Waals surface area (Å²) in [6.07, 6.45) is 0. The van der Waals surface area contributed by atoms with Gasteiger partial charge in [0.2, 0.25) is 0 Å². The Morgan fingerprint density at radius 3 is 2.16 bits per heavy atom. The maximum Gasteiger partial charge on any atom is 0.295 e. The molecule has 102 valence electrons. The maximum absolute atomic E-state index is 11.2. The van der Waals surface area contributed by atoms with Crippen LogP contribution in [0.4, 0.5) is 0 Å². The molecule has 0 fully saturated rings. The summed E-state index contributed by atoms with van der Waals surface area (Å²) < 4.78 is 64.2. The van der Waals surface area contributed by atoms with Gasteiger partial charge in [0.15, 0.2) is 0 Å². The fourth-order valence-corrected chi connectivity index (χ4v) is 2.97. The van der Waals surface area contributed by atoms with E-state index in [0.717, 1.165) is 18.2 Å². The zero-order valence-electron chi connectivity index (χ0n) is 9.10. The number of fused-ring (bicyclic) bond motifs is 1. The van der Waals surface area contributed by atoms with Gasteiger partial charge in [0, 0.05) is 5.39 Å². The molecule has 0 aliphatic heterocycles. The van der Waals surface area contributed by atoms with Gasteiger partial charge in [0.25, 0.3) is 10.1 Å². The van der Waals surface area contributed by atoms with Gasteiger partial charge in [-0.25, -0.2) is 8.42 Å². The normalized spacial score (nSPS) is 12.7. The van der Waals surface area contributed by atoms with E-state index in [9.17, 15) is 26.5 Å². The van der Waals surface area contributed by atoms with Crippen LogP contribution in [0, 0.1) is 0 Å². The van der Waals surface area contributed by atoms with Crippen molar-refractivity contribution < 1.29 is 31.0 Å². The molecule has 0 spiro atoms. The molecule has 9 heteroatoms. The van der Waals surface area contributed by atoms with Crippen molar-refractivity contribution >= 4 is 31.0 Å². The quantitative estimate of drug-likeness (QED) is 0.775. The van der Waals surface area contributed by atoms with E-state index in [-0.39, 0.29) is 10.8 Å². The molecule has 0 atom stereocenters. The number of benzene rings is 2. The lowest BCUT2D eigenvalue weighted by Gasteiger charge is -2.13. The van der Waals surface area contributed by atoms with E-state index in [1.165, 1.54) is 6.07 Å². The standard InChI is InChI=1S/C10H8O7S2/c11-7-2-1-6-3-8(18(12,13)14)5-10(9(6)4-7)19(15,16)17/h1-5,11H,(H,12,13,14)(H,15,16,17)/p-2. The van der Waals surface area contributed by atoms with Gasteiger partial charge in [-0.15, -0.1) is 5.75 Å². The van der Waals surface area contributed by atoms with Gasteiger partial charge in [-0.05, 0) is 17.5 Å². The number of hydrogen-bond acceptors (Lipinski definition) is 6. The molecule has 0 aliphatic rings. The molecule has 0 bridgehead atoms. The lowest BCUT2D eigenvalue weighted by molar-refractivity contribution is -0.268. The highest BCUT2D eigenvalue weighted by Crippen LogP contribution is 2.29. The second-order valence-corrected chi connectivity index (χ2v) is 6.50. The van der Waals surface area contributed by atoms with Crippen molar-refractivity contribution in [2.75, 3.05) is 0 Å². The van der Waals surface area contributed by atoms with Crippen LogP contribution in [0.3, 0.4) is 0 Å². The summed E-state index contributed by atoms with van der Waals surface area (Å²) in [6, 6.07) is 4.64. The Bertz CT molecular complexity index is 866. The Morgan fingerprint density at radius 1 is 1.00 bits per heavy atom. The summed E-state index contributed by atoms with van der Waals surface area (Å²) in [6.45, 7) is 0. The molecule has 0 heterocycles. The largest absolute Gasteiger partial charge is 0.872 e. The average Bonchev–Trinajstić information content (AvgIpc) is 2.24. The SMILES string of the molecule is O=S(=O)([O-])c1cc(S(=O)(=O)O)c2cc([O-])ccc2c1. The lowest BCUT2D eigenvalue weighted by atomic mass is 10.1. The van der Waals surface area contributed by atoms with Crippen molar-refractivity contribution in [2.24, 2.45) is 0 Å². The Kier molecular flexibility index (Phi) is 3.01. The molecule has 0 saturated carbocycles. The first kappa shape index (κ1) is 13.7. The third-order valence-corrected chi connectivity index (χ3v) is 4.13. The topological polar surface area (TPSA) is 135 Å². The smallest absolute Gasteiger partial charge is 0.295 e. The van der Waals surface area contributed by atoms with Crippen molar-refractivity contribution in [1.82, 2.24) is 0 Å². The van der Waals surface area contributed by atoms with Crippen LogP contribution >= 0.6 is 0 Å². The molecule has 0 aliphatic carbocycles. The molecule has 1 N–H and O–H groups in total. The third kappa shape index (κ3) is 2.68. The Hall–Kier alpha value is -1.68. The molecule has 0 saturated heterocycles. The second-order valence-electron chi connectivity index (χ2n) is 3.73. The monoisotopic (exact) mass is 302 g/mol. The van der Waals surface area contributed by atoms with E-state index in [0.29, 0.717) is 6.07 Å². The average molecular weight is 302 g/mol. The Labute approximate surface area is 108 Å². The van der Waals surface area contributed by atoms with Crippen molar-refractivity contribution in [3.05, 3.63) is 30.3 Å². The zero-order valence-corrected chi connectivity index (χ0v) is 10.7. The molecule has 2 rings (SSSR count). The highest BCUT2D eigenvalue weighted by Gasteiger charge is 2.17. The summed E-state index contributed by atoms with van der Waals surface area (Å²) >= 11 is 0. The predicted molar refractivity (Wildman–Crippen MR) is 61.2 cm³/mol. The number of hydrogen-bond donors (Lipinski definition) is 1. The van der Waals surface area contributed by atoms with Crippen LogP contribution in [-0.4, -0.2) is 25.9 Å². The third-order valence-electron chi connectivity index (χ3n) is 2.43. The fraction of sp³-hybridized carbons (Fsp3) is 0. The van der Waals surface area contributed by atoms with E-state index < -0.39 is 35.8 Å². The minimum absolute atomic E-state index is 0.0455. The van der Waals surface area contributed by atoms with Crippen LogP contribution in [0.1, 0.15) is 0 Å². The maximum atomic E-state index is 11.2. The van der Waals surface area contributed by atoms with Crippen molar-refractivity contribution in [1.29, 1.82) is 0 Å². The van der Waals surface area contributed by atoms with Crippen LogP contribution in [0.25, 0.3) is 10.8 Å². The van der Waals surface area contributed by atoms with Gasteiger partial charge >= 0.3 is 0 Å². The molecule has 7 nitrogen and oxygen atoms in total. The summed E-state index contributed by atoms with van der Waals surface area (Å²) in [5, 5.41) is 11.1. The van der Waals surface area contributed by atoms with Crippen LogP contribution in [0.2, 0.25) is 0 Å². The molecule has 0 unspecified atom stereocenters. The van der Waals surface area contributed by atoms with E-state index in [1.807, 2.05) is 0 Å². The molecule has 0 radical (unpaired) electrons. The van der Waals surface area contributed by atoms with Crippen molar-refractivity contribution in [3.63, 3.8) is 0 Å². The summed E-state index contributed by atoms with van der Waals surface area (Å²) in [4.78, 5) is -1.59. The van der Waals surface area contributed by atoms with Crippen LogP contribution in [0.15, 0.2) is 40.1 Å². The molecule has 19 heavy (non-hydrogen) atoms. The lowest BCUT2D eigenvalue weighted by Crippen LogP contribution is -2.05. The van der Waals surface area contributed by atoms with Crippen molar-refractivity contribution in [3.8, 4) is 5.75 Å². The second kappa shape index (κ2) is 4.17. The number of rotatable bonds is 2. The molecule has 2 aromatic rings. The fourth-order valence-electron chi connectivity index (χ4n) is 1.63. The van der Waals surface area contributed by atoms with Crippen LogP contribution in [0.5, 0.6) is 5.75 Å². The van der Waals surface area contributed by atoms with E-state index >= 15 is 0 Å². The van der Waals surface area contributed by atoms with Gasteiger partial charge in [0.05, 0.1) is 4.90 Å². The molecule has 0 aromatic heterocycles.